The fraction of sp³-hybridized carbons (Fsp3) is 0.333. The van der Waals surface area contributed by atoms with Crippen LogP contribution in [-0.4, -0.2) is 53.4 Å². The van der Waals surface area contributed by atoms with Crippen molar-refractivity contribution in [3.05, 3.63) is 54.1 Å². The molecule has 0 radical (unpaired) electrons. The second-order valence-corrected chi connectivity index (χ2v) is 8.80. The zero-order valence-electron chi connectivity index (χ0n) is 17.4. The molecule has 31 heavy (non-hydrogen) atoms. The van der Waals surface area contributed by atoms with Gasteiger partial charge in [0.2, 0.25) is 22.0 Å². The third kappa shape index (κ3) is 5.53. The summed E-state index contributed by atoms with van der Waals surface area (Å²) in [6.45, 7) is -0.0449. The molecule has 2 atom stereocenters. The lowest BCUT2D eigenvalue weighted by Gasteiger charge is -2.34. The minimum Gasteiger partial charge on any atom is -0.497 e. The molecule has 1 aliphatic heterocycles. The average Bonchev–Trinajstić information content (AvgIpc) is 2.76. The van der Waals surface area contributed by atoms with Crippen LogP contribution in [0.4, 0.5) is 5.69 Å². The third-order valence-corrected chi connectivity index (χ3v) is 5.50. The number of carbonyl (C=O) groups excluding carboxylic acids is 2. The molecule has 9 nitrogen and oxygen atoms in total. The van der Waals surface area contributed by atoms with Crippen molar-refractivity contribution in [2.45, 2.75) is 18.6 Å². The monoisotopic (exact) mass is 448 g/mol. The van der Waals surface area contributed by atoms with Gasteiger partial charge >= 0.3 is 5.97 Å². The quantitative estimate of drug-likeness (QED) is 0.641. The number of esters is 1. The minimum absolute atomic E-state index is 0.0449. The molecular weight excluding hydrogens is 424 g/mol. The van der Waals surface area contributed by atoms with E-state index >= 15 is 0 Å². The zero-order chi connectivity index (χ0) is 22.6. The number of carbonyl (C=O) groups is 2. The highest BCUT2D eigenvalue weighted by Crippen LogP contribution is 2.34. The summed E-state index contributed by atoms with van der Waals surface area (Å²) in [6, 6.07) is 12.8. The number of anilines is 1. The number of nitrogens with zero attached hydrogens (tertiary/aromatic N) is 1. The minimum atomic E-state index is -3.60. The van der Waals surface area contributed by atoms with Gasteiger partial charge in [-0.05, 0) is 29.8 Å². The van der Waals surface area contributed by atoms with Crippen LogP contribution in [0.5, 0.6) is 11.5 Å². The molecule has 3 rings (SSSR count). The summed E-state index contributed by atoms with van der Waals surface area (Å²) < 4.78 is 41.9. The molecule has 166 valence electrons. The maximum absolute atomic E-state index is 13.3. The number of fused-ring (bicyclic) bond motifs is 1. The third-order valence-electron chi connectivity index (χ3n) is 4.79. The molecular formula is C21H24N2O7S. The van der Waals surface area contributed by atoms with Crippen LogP contribution >= 0.6 is 0 Å². The largest absolute Gasteiger partial charge is 0.497 e. The Hall–Kier alpha value is -3.11. The van der Waals surface area contributed by atoms with E-state index < -0.39 is 28.1 Å². The summed E-state index contributed by atoms with van der Waals surface area (Å²) in [4.78, 5) is 26.7. The van der Waals surface area contributed by atoms with Crippen LogP contribution in [0.2, 0.25) is 0 Å². The van der Waals surface area contributed by atoms with E-state index in [4.69, 9.17) is 14.2 Å². The molecule has 0 unspecified atom stereocenters. The number of benzene rings is 2. The highest BCUT2D eigenvalue weighted by atomic mass is 32.2. The summed E-state index contributed by atoms with van der Waals surface area (Å²) in [5.74, 6) is 0.000618. The Morgan fingerprint density at radius 3 is 2.45 bits per heavy atom. The maximum Gasteiger partial charge on any atom is 0.348 e. The Labute approximate surface area is 181 Å². The molecule has 1 heterocycles. The molecule has 1 amide bonds. The zero-order valence-corrected chi connectivity index (χ0v) is 18.2. The number of para-hydroxylation sites is 2. The standard InChI is InChI=1S/C21H24N2O7S/c1-28-15-10-8-14(9-11-15)16(22-31(3,26)27)12-20(24)23-13-19(21(25)29-2)30-18-7-5-4-6-17(18)23/h4-11,16,19,22H,12-13H2,1-3H3/t16-,19+/m0/s1. The van der Waals surface area contributed by atoms with Crippen LogP contribution in [0.3, 0.4) is 0 Å². The molecule has 0 aromatic heterocycles. The molecule has 0 saturated carbocycles. The Morgan fingerprint density at radius 1 is 1.16 bits per heavy atom. The fourth-order valence-corrected chi connectivity index (χ4v) is 4.07. The van der Waals surface area contributed by atoms with Crippen molar-refractivity contribution < 1.29 is 32.2 Å². The fourth-order valence-electron chi connectivity index (χ4n) is 3.33. The van der Waals surface area contributed by atoms with Gasteiger partial charge in [0.25, 0.3) is 0 Å². The Morgan fingerprint density at radius 2 is 1.84 bits per heavy atom. The van der Waals surface area contributed by atoms with Crippen LogP contribution < -0.4 is 19.1 Å². The first-order valence-corrected chi connectivity index (χ1v) is 11.4. The second-order valence-electron chi connectivity index (χ2n) is 7.02. The molecule has 0 fully saturated rings. The number of hydrogen-bond acceptors (Lipinski definition) is 7. The SMILES string of the molecule is COC(=O)[C@H]1CN(C(=O)C[C@H](NS(C)(=O)=O)c2ccc(OC)cc2)c2ccccc2O1. The van der Waals surface area contributed by atoms with Crippen molar-refractivity contribution in [1.82, 2.24) is 4.72 Å². The topological polar surface area (TPSA) is 111 Å². The predicted octanol–water partition coefficient (Wildman–Crippen LogP) is 1.64. The highest BCUT2D eigenvalue weighted by Gasteiger charge is 2.35. The van der Waals surface area contributed by atoms with Gasteiger partial charge in [-0.3, -0.25) is 4.79 Å². The van der Waals surface area contributed by atoms with Gasteiger partial charge in [0.15, 0.2) is 0 Å². The molecule has 0 bridgehead atoms. The van der Waals surface area contributed by atoms with E-state index in [1.165, 1.54) is 19.1 Å². The first-order chi connectivity index (χ1) is 14.7. The van der Waals surface area contributed by atoms with Gasteiger partial charge in [-0.2, -0.15) is 0 Å². The molecule has 10 heteroatoms. The molecule has 1 aliphatic rings. The van der Waals surface area contributed by atoms with Crippen molar-refractivity contribution in [2.75, 3.05) is 31.9 Å². The van der Waals surface area contributed by atoms with Gasteiger partial charge in [-0.25, -0.2) is 17.9 Å². The number of hydrogen-bond donors (Lipinski definition) is 1. The number of sulfonamides is 1. The van der Waals surface area contributed by atoms with E-state index in [0.717, 1.165) is 6.26 Å². The van der Waals surface area contributed by atoms with Gasteiger partial charge in [0.05, 0.1) is 38.7 Å². The molecule has 0 spiro atoms. The summed E-state index contributed by atoms with van der Waals surface area (Å²) in [6.07, 6.45) is -0.112. The van der Waals surface area contributed by atoms with Crippen molar-refractivity contribution in [2.24, 2.45) is 0 Å². The lowest BCUT2D eigenvalue weighted by atomic mass is 10.0. The van der Waals surface area contributed by atoms with E-state index in [1.54, 1.807) is 48.5 Å². The van der Waals surface area contributed by atoms with Gasteiger partial charge in [0, 0.05) is 6.42 Å². The van der Waals surface area contributed by atoms with E-state index in [1.807, 2.05) is 0 Å². The summed E-state index contributed by atoms with van der Waals surface area (Å²) in [7, 11) is -0.833. The van der Waals surface area contributed by atoms with Gasteiger partial charge < -0.3 is 19.1 Å². The van der Waals surface area contributed by atoms with E-state index in [-0.39, 0.29) is 18.9 Å². The van der Waals surface area contributed by atoms with Crippen molar-refractivity contribution in [1.29, 1.82) is 0 Å². The predicted molar refractivity (Wildman–Crippen MR) is 114 cm³/mol. The summed E-state index contributed by atoms with van der Waals surface area (Å²) in [5, 5.41) is 0. The number of amides is 1. The van der Waals surface area contributed by atoms with E-state index in [9.17, 15) is 18.0 Å². The molecule has 0 aliphatic carbocycles. The van der Waals surface area contributed by atoms with E-state index in [0.29, 0.717) is 22.7 Å². The average molecular weight is 448 g/mol. The molecule has 1 N–H and O–H groups in total. The Bertz CT molecular complexity index is 1050. The first kappa shape index (κ1) is 22.6. The molecule has 0 saturated heterocycles. The van der Waals surface area contributed by atoms with Crippen LogP contribution in [0.1, 0.15) is 18.0 Å². The van der Waals surface area contributed by atoms with E-state index in [2.05, 4.69) is 4.72 Å². The smallest absolute Gasteiger partial charge is 0.348 e. The van der Waals surface area contributed by atoms with Crippen LogP contribution in [0.25, 0.3) is 0 Å². The second kappa shape index (κ2) is 9.36. The number of ether oxygens (including phenoxy) is 3. The Balaban J connectivity index is 1.90. The maximum atomic E-state index is 13.3. The molecule has 2 aromatic rings. The van der Waals surface area contributed by atoms with Gasteiger partial charge in [0.1, 0.15) is 11.5 Å². The normalized spacial score (nSPS) is 16.6. The lowest BCUT2D eigenvalue weighted by Crippen LogP contribution is -2.48. The van der Waals surface area contributed by atoms with Gasteiger partial charge in [-0.15, -0.1) is 0 Å². The van der Waals surface area contributed by atoms with Crippen LogP contribution in [0, 0.1) is 0 Å². The van der Waals surface area contributed by atoms with Gasteiger partial charge in [-0.1, -0.05) is 24.3 Å². The van der Waals surface area contributed by atoms with Crippen LogP contribution in [0.15, 0.2) is 48.5 Å². The van der Waals surface area contributed by atoms with Crippen LogP contribution in [-0.2, 0) is 24.3 Å². The number of nitrogens with one attached hydrogen (secondary N) is 1. The number of methoxy groups -OCH3 is 2. The molecule has 2 aromatic carbocycles. The summed E-state index contributed by atoms with van der Waals surface area (Å²) in [5.41, 5.74) is 1.10. The Kier molecular flexibility index (Phi) is 6.81. The number of rotatable bonds is 7. The van der Waals surface area contributed by atoms with Crippen molar-refractivity contribution in [3.63, 3.8) is 0 Å². The van der Waals surface area contributed by atoms with Crippen molar-refractivity contribution >= 4 is 27.6 Å². The summed E-state index contributed by atoms with van der Waals surface area (Å²) >= 11 is 0. The lowest BCUT2D eigenvalue weighted by molar-refractivity contribution is -0.148. The highest BCUT2D eigenvalue weighted by molar-refractivity contribution is 7.88. The first-order valence-electron chi connectivity index (χ1n) is 9.47. The van der Waals surface area contributed by atoms with Crippen molar-refractivity contribution in [3.8, 4) is 11.5 Å².